The highest BCUT2D eigenvalue weighted by atomic mass is 35.5. The first-order valence-electron chi connectivity index (χ1n) is 6.56. The molecule has 0 aliphatic carbocycles. The third kappa shape index (κ3) is 6.45. The van der Waals surface area contributed by atoms with Crippen LogP contribution < -0.4 is 4.74 Å². The Bertz CT molecular complexity index is 675. The zero-order chi connectivity index (χ0) is 18.0. The second-order valence-corrected chi connectivity index (χ2v) is 5.34. The average Bonchev–Trinajstić information content (AvgIpc) is 2.56. The summed E-state index contributed by atoms with van der Waals surface area (Å²) < 4.78 is 9.80. The molecule has 0 atom stereocenters. The number of hydrogen-bond donors (Lipinski definition) is 0. The summed E-state index contributed by atoms with van der Waals surface area (Å²) in [5, 5.41) is 6.86. The smallest absolute Gasteiger partial charge is 0.409 e. The second-order valence-electron chi connectivity index (χ2n) is 5.03. The number of ether oxygens (including phenoxy) is 2. The summed E-state index contributed by atoms with van der Waals surface area (Å²) in [5.74, 6) is -0.449. The molecule has 0 radical (unpaired) electrons. The lowest BCUT2D eigenvalue weighted by molar-refractivity contribution is 0.0340. The summed E-state index contributed by atoms with van der Waals surface area (Å²) in [6, 6.07) is 5.57. The monoisotopic (exact) mass is 352 g/mol. The van der Waals surface area contributed by atoms with Gasteiger partial charge in [0.05, 0.1) is 12.2 Å². The first-order chi connectivity index (χ1) is 11.4. The molecule has 0 saturated carbocycles. The van der Waals surface area contributed by atoms with Crippen molar-refractivity contribution in [1.82, 2.24) is 0 Å². The number of carbonyl (C=O) groups excluding carboxylic acids is 2. The molecule has 0 N–H and O–H groups in total. The number of carbonyl (C=O) groups is 2. The number of azide groups is 2. The van der Waals surface area contributed by atoms with Gasteiger partial charge in [0, 0.05) is 39.9 Å². The van der Waals surface area contributed by atoms with Crippen molar-refractivity contribution in [3.05, 3.63) is 50.7 Å². The molecule has 1 rings (SSSR count). The quantitative estimate of drug-likeness (QED) is 0.226. The van der Waals surface area contributed by atoms with Crippen molar-refractivity contribution in [1.29, 1.82) is 0 Å². The molecule has 0 fully saturated rings. The van der Waals surface area contributed by atoms with E-state index in [9.17, 15) is 9.59 Å². The molecule has 1 aromatic rings. The summed E-state index contributed by atoms with van der Waals surface area (Å²) in [7, 11) is 0. The van der Waals surface area contributed by atoms with Gasteiger partial charge in [-0.05, 0) is 35.3 Å². The van der Waals surface area contributed by atoms with Gasteiger partial charge in [-0.3, -0.25) is 0 Å². The molecule has 10 nitrogen and oxygen atoms in total. The summed E-state index contributed by atoms with van der Waals surface area (Å²) in [6.07, 6.45) is 0. The zero-order valence-electron chi connectivity index (χ0n) is 12.6. The van der Waals surface area contributed by atoms with Crippen LogP contribution in [0, 0.1) is 5.41 Å². The summed E-state index contributed by atoms with van der Waals surface area (Å²) in [5.41, 5.74) is 15.2. The first kappa shape index (κ1) is 19.1. The minimum Gasteiger partial charge on any atom is -0.462 e. The Hall–Kier alpha value is -2.93. The second kappa shape index (κ2) is 9.26. The van der Waals surface area contributed by atoms with Gasteiger partial charge in [-0.1, -0.05) is 17.2 Å². The van der Waals surface area contributed by atoms with E-state index in [0.717, 1.165) is 0 Å². The van der Waals surface area contributed by atoms with E-state index in [2.05, 4.69) is 24.8 Å². The molecule has 0 aliphatic heterocycles. The van der Waals surface area contributed by atoms with Gasteiger partial charge in [0.2, 0.25) is 0 Å². The van der Waals surface area contributed by atoms with E-state index in [-0.39, 0.29) is 31.0 Å². The first-order valence-corrected chi connectivity index (χ1v) is 6.94. The largest absolute Gasteiger partial charge is 0.462 e. The van der Waals surface area contributed by atoms with Crippen LogP contribution in [-0.4, -0.2) is 31.1 Å². The maximum Gasteiger partial charge on any atom is 0.409 e. The third-order valence-electron chi connectivity index (χ3n) is 2.87. The molecule has 0 spiro atoms. The molecule has 0 bridgehead atoms. The molecule has 11 heteroatoms. The maximum absolute atomic E-state index is 12.0. The van der Waals surface area contributed by atoms with Crippen LogP contribution in [0.1, 0.15) is 17.3 Å². The number of benzene rings is 1. The standard InChI is InChI=1S/C13H13ClN6O4/c1-13(6-17-19-15,7-18-20-16)8-23-11(21)9-2-4-10(5-3-9)24-12(14)22/h2-5H,6-8H2,1H3. The fourth-order valence-corrected chi connectivity index (χ4v) is 1.71. The van der Waals surface area contributed by atoms with Crippen molar-refractivity contribution in [2.24, 2.45) is 15.6 Å². The highest BCUT2D eigenvalue weighted by Crippen LogP contribution is 2.20. The van der Waals surface area contributed by atoms with Crippen LogP contribution >= 0.6 is 11.6 Å². The summed E-state index contributed by atoms with van der Waals surface area (Å²) >= 11 is 5.08. The van der Waals surface area contributed by atoms with Crippen molar-refractivity contribution in [2.75, 3.05) is 19.7 Å². The van der Waals surface area contributed by atoms with Gasteiger partial charge in [0.1, 0.15) is 5.75 Å². The molecule has 0 aromatic heterocycles. The third-order valence-corrected chi connectivity index (χ3v) is 2.95. The van der Waals surface area contributed by atoms with E-state index >= 15 is 0 Å². The minimum atomic E-state index is -0.989. The molecular weight excluding hydrogens is 340 g/mol. The van der Waals surface area contributed by atoms with E-state index in [4.69, 9.17) is 27.4 Å². The molecular formula is C13H13ClN6O4. The predicted octanol–water partition coefficient (Wildman–Crippen LogP) is 4.21. The van der Waals surface area contributed by atoms with Gasteiger partial charge in [0.15, 0.2) is 0 Å². The molecule has 0 saturated heterocycles. The Labute approximate surface area is 141 Å². The Morgan fingerprint density at radius 1 is 1.17 bits per heavy atom. The lowest BCUT2D eigenvalue weighted by atomic mass is 9.92. The van der Waals surface area contributed by atoms with Crippen molar-refractivity contribution >= 4 is 23.0 Å². The van der Waals surface area contributed by atoms with Gasteiger partial charge >= 0.3 is 11.4 Å². The van der Waals surface area contributed by atoms with Gasteiger partial charge in [-0.25, -0.2) is 9.59 Å². The van der Waals surface area contributed by atoms with Crippen LogP contribution in [-0.2, 0) is 4.74 Å². The SMILES string of the molecule is CC(CN=[N+]=[N-])(CN=[N+]=[N-])COC(=O)c1ccc(OC(=O)Cl)cc1. The van der Waals surface area contributed by atoms with Crippen LogP contribution in [0.4, 0.5) is 4.79 Å². The Kier molecular flexibility index (Phi) is 7.38. The van der Waals surface area contributed by atoms with E-state index in [1.165, 1.54) is 24.3 Å². The fraction of sp³-hybridized carbons (Fsp3) is 0.385. The van der Waals surface area contributed by atoms with Gasteiger partial charge in [-0.15, -0.1) is 0 Å². The van der Waals surface area contributed by atoms with Crippen LogP contribution in [0.2, 0.25) is 0 Å². The van der Waals surface area contributed by atoms with Gasteiger partial charge < -0.3 is 9.47 Å². The number of rotatable bonds is 8. The number of hydrogen-bond acceptors (Lipinski definition) is 6. The fourth-order valence-electron chi connectivity index (χ4n) is 1.62. The van der Waals surface area contributed by atoms with Gasteiger partial charge in [-0.2, -0.15) is 0 Å². The topological polar surface area (TPSA) is 150 Å². The average molecular weight is 353 g/mol. The van der Waals surface area contributed by atoms with Crippen LogP contribution in [0.15, 0.2) is 34.5 Å². The summed E-state index contributed by atoms with van der Waals surface area (Å²) in [6.45, 7) is 1.55. The van der Waals surface area contributed by atoms with E-state index in [0.29, 0.717) is 0 Å². The van der Waals surface area contributed by atoms with Gasteiger partial charge in [0.25, 0.3) is 0 Å². The number of esters is 1. The van der Waals surface area contributed by atoms with Crippen LogP contribution in [0.3, 0.4) is 0 Å². The van der Waals surface area contributed by atoms with Crippen molar-refractivity contribution in [3.8, 4) is 5.75 Å². The zero-order valence-corrected chi connectivity index (χ0v) is 13.4. The summed E-state index contributed by atoms with van der Waals surface area (Å²) in [4.78, 5) is 27.9. The van der Waals surface area contributed by atoms with Crippen molar-refractivity contribution < 1.29 is 19.1 Å². The number of halogens is 1. The number of nitrogens with zero attached hydrogens (tertiary/aromatic N) is 6. The van der Waals surface area contributed by atoms with E-state index in [1.54, 1.807) is 6.92 Å². The molecule has 1 aromatic carbocycles. The normalized spacial score (nSPS) is 12.1. The maximum atomic E-state index is 12.0. The highest BCUT2D eigenvalue weighted by Gasteiger charge is 2.25. The molecule has 24 heavy (non-hydrogen) atoms. The Morgan fingerprint density at radius 2 is 1.71 bits per heavy atom. The lowest BCUT2D eigenvalue weighted by Crippen LogP contribution is -2.31. The van der Waals surface area contributed by atoms with Crippen molar-refractivity contribution in [2.45, 2.75) is 6.92 Å². The Morgan fingerprint density at radius 3 is 2.17 bits per heavy atom. The Balaban J connectivity index is 2.72. The minimum absolute atomic E-state index is 0.000408. The molecule has 0 unspecified atom stereocenters. The highest BCUT2D eigenvalue weighted by molar-refractivity contribution is 6.61. The molecule has 0 aliphatic rings. The van der Waals surface area contributed by atoms with Crippen LogP contribution in [0.5, 0.6) is 5.75 Å². The lowest BCUT2D eigenvalue weighted by Gasteiger charge is -2.25. The predicted molar refractivity (Wildman–Crippen MR) is 84.7 cm³/mol. The van der Waals surface area contributed by atoms with E-state index in [1.807, 2.05) is 0 Å². The molecule has 0 amide bonds. The van der Waals surface area contributed by atoms with Crippen molar-refractivity contribution in [3.63, 3.8) is 0 Å². The molecule has 126 valence electrons. The molecule has 0 heterocycles. The van der Waals surface area contributed by atoms with E-state index < -0.39 is 16.8 Å². The van der Waals surface area contributed by atoms with Crippen LogP contribution in [0.25, 0.3) is 20.9 Å².